The van der Waals surface area contributed by atoms with Gasteiger partial charge in [-0.05, 0) is 48.0 Å². The maximum atomic E-state index is 13.1. The van der Waals surface area contributed by atoms with E-state index >= 15 is 0 Å². The van der Waals surface area contributed by atoms with E-state index in [0.717, 1.165) is 41.5 Å². The smallest absolute Gasteiger partial charge is 0.254 e. The summed E-state index contributed by atoms with van der Waals surface area (Å²) >= 11 is 0. The van der Waals surface area contributed by atoms with Gasteiger partial charge in [0.15, 0.2) is 0 Å². The standard InChI is InChI=1S/C27H26N6O2/c1-35-24-10-8-20(9-11-24)22-18-29-27(30-19-22)31-23-6-4-5-21(17-23)26(34)33-15-13-32(14-16-33)25-7-2-3-12-28-25/h2-12,17-19H,13-16H2,1H3,(H,29,30,31). The summed E-state index contributed by atoms with van der Waals surface area (Å²) in [6, 6.07) is 21.1. The van der Waals surface area contributed by atoms with E-state index in [1.54, 1.807) is 25.7 Å². The van der Waals surface area contributed by atoms with E-state index in [9.17, 15) is 4.79 Å². The molecule has 8 heteroatoms. The molecule has 3 heterocycles. The molecule has 0 radical (unpaired) electrons. The van der Waals surface area contributed by atoms with Crippen LogP contribution in [0.25, 0.3) is 11.1 Å². The van der Waals surface area contributed by atoms with Crippen molar-refractivity contribution < 1.29 is 9.53 Å². The lowest BCUT2D eigenvalue weighted by atomic mass is 10.1. The van der Waals surface area contributed by atoms with Gasteiger partial charge < -0.3 is 19.9 Å². The lowest BCUT2D eigenvalue weighted by Crippen LogP contribution is -2.49. The van der Waals surface area contributed by atoms with Gasteiger partial charge in [0, 0.05) is 61.6 Å². The average Bonchev–Trinajstić information content (AvgIpc) is 2.94. The molecule has 0 saturated carbocycles. The number of nitrogens with zero attached hydrogens (tertiary/aromatic N) is 5. The second kappa shape index (κ2) is 10.2. The van der Waals surface area contributed by atoms with Crippen LogP contribution in [0.4, 0.5) is 17.5 Å². The Hall–Kier alpha value is -4.46. The van der Waals surface area contributed by atoms with Crippen molar-refractivity contribution >= 4 is 23.4 Å². The highest BCUT2D eigenvalue weighted by Gasteiger charge is 2.23. The molecule has 0 spiro atoms. The molecular formula is C27H26N6O2. The van der Waals surface area contributed by atoms with E-state index in [4.69, 9.17) is 4.74 Å². The first-order chi connectivity index (χ1) is 17.2. The van der Waals surface area contributed by atoms with E-state index in [-0.39, 0.29) is 5.91 Å². The average molecular weight is 467 g/mol. The van der Waals surface area contributed by atoms with Gasteiger partial charge in [-0.3, -0.25) is 4.79 Å². The van der Waals surface area contributed by atoms with Crippen LogP contribution in [-0.2, 0) is 0 Å². The largest absolute Gasteiger partial charge is 0.497 e. The van der Waals surface area contributed by atoms with Crippen LogP contribution in [0.2, 0.25) is 0 Å². The van der Waals surface area contributed by atoms with Gasteiger partial charge in [-0.25, -0.2) is 15.0 Å². The maximum absolute atomic E-state index is 13.1. The predicted octanol–water partition coefficient (Wildman–Crippen LogP) is 4.25. The molecule has 0 atom stereocenters. The third-order valence-corrected chi connectivity index (χ3v) is 5.98. The van der Waals surface area contributed by atoms with Crippen LogP contribution in [0.5, 0.6) is 5.75 Å². The topological polar surface area (TPSA) is 83.5 Å². The van der Waals surface area contributed by atoms with Crippen LogP contribution < -0.4 is 15.0 Å². The first-order valence-corrected chi connectivity index (χ1v) is 11.5. The molecular weight excluding hydrogens is 440 g/mol. The Bertz CT molecular complexity index is 1270. The number of hydrogen-bond donors (Lipinski definition) is 1. The van der Waals surface area contributed by atoms with Crippen molar-refractivity contribution in [1.29, 1.82) is 0 Å². The lowest BCUT2D eigenvalue weighted by Gasteiger charge is -2.35. The number of hydrogen-bond acceptors (Lipinski definition) is 7. The molecule has 1 N–H and O–H groups in total. The summed E-state index contributed by atoms with van der Waals surface area (Å²) in [4.78, 5) is 30.5. The van der Waals surface area contributed by atoms with Gasteiger partial charge >= 0.3 is 0 Å². The summed E-state index contributed by atoms with van der Waals surface area (Å²) in [6.07, 6.45) is 5.34. The quantitative estimate of drug-likeness (QED) is 0.455. The van der Waals surface area contributed by atoms with Crippen LogP contribution >= 0.6 is 0 Å². The summed E-state index contributed by atoms with van der Waals surface area (Å²) < 4.78 is 5.21. The second-order valence-corrected chi connectivity index (χ2v) is 8.20. The van der Waals surface area contributed by atoms with Gasteiger partial charge in [-0.1, -0.05) is 24.3 Å². The number of ether oxygens (including phenoxy) is 1. The van der Waals surface area contributed by atoms with Gasteiger partial charge in [-0.15, -0.1) is 0 Å². The van der Waals surface area contributed by atoms with Crippen LogP contribution in [0.3, 0.4) is 0 Å². The molecule has 1 saturated heterocycles. The van der Waals surface area contributed by atoms with Crippen molar-refractivity contribution in [1.82, 2.24) is 19.9 Å². The molecule has 0 unspecified atom stereocenters. The van der Waals surface area contributed by atoms with E-state index in [1.165, 1.54) is 0 Å². The monoisotopic (exact) mass is 466 g/mol. The molecule has 5 rings (SSSR count). The number of pyridine rings is 1. The Balaban J connectivity index is 1.21. The number of carbonyl (C=O) groups is 1. The van der Waals surface area contributed by atoms with Crippen LogP contribution in [-0.4, -0.2) is 59.0 Å². The number of benzene rings is 2. The molecule has 8 nitrogen and oxygen atoms in total. The van der Waals surface area contributed by atoms with Crippen molar-refractivity contribution in [2.75, 3.05) is 43.5 Å². The van der Waals surface area contributed by atoms with Crippen LogP contribution in [0.1, 0.15) is 10.4 Å². The summed E-state index contributed by atoms with van der Waals surface area (Å²) in [5, 5.41) is 3.20. The number of rotatable bonds is 6. The Morgan fingerprint density at radius 1 is 0.857 bits per heavy atom. The van der Waals surface area contributed by atoms with E-state index in [2.05, 4.69) is 25.2 Å². The highest BCUT2D eigenvalue weighted by Crippen LogP contribution is 2.23. The predicted molar refractivity (Wildman–Crippen MR) is 136 cm³/mol. The Morgan fingerprint density at radius 2 is 1.63 bits per heavy atom. The molecule has 2 aromatic heterocycles. The summed E-state index contributed by atoms with van der Waals surface area (Å²) in [5.41, 5.74) is 3.32. The van der Waals surface area contributed by atoms with Crippen LogP contribution in [0, 0.1) is 0 Å². The van der Waals surface area contributed by atoms with Crippen molar-refractivity contribution in [3.63, 3.8) is 0 Å². The molecule has 176 valence electrons. The molecule has 0 aliphatic carbocycles. The number of carbonyl (C=O) groups excluding carboxylic acids is 1. The fourth-order valence-electron chi connectivity index (χ4n) is 4.05. The fraction of sp³-hybridized carbons (Fsp3) is 0.185. The van der Waals surface area contributed by atoms with Gasteiger partial charge in [0.05, 0.1) is 7.11 Å². The summed E-state index contributed by atoms with van der Waals surface area (Å²) in [6.45, 7) is 2.83. The molecule has 0 bridgehead atoms. The van der Waals surface area contributed by atoms with Crippen molar-refractivity contribution in [2.24, 2.45) is 0 Å². The van der Waals surface area contributed by atoms with Crippen molar-refractivity contribution in [3.05, 3.63) is 90.9 Å². The highest BCUT2D eigenvalue weighted by molar-refractivity contribution is 5.95. The maximum Gasteiger partial charge on any atom is 0.254 e. The number of aromatic nitrogens is 3. The fourth-order valence-corrected chi connectivity index (χ4v) is 4.05. The van der Waals surface area contributed by atoms with E-state index in [0.29, 0.717) is 24.6 Å². The Kier molecular flexibility index (Phi) is 6.52. The minimum atomic E-state index is 0.0186. The third kappa shape index (κ3) is 5.22. The van der Waals surface area contributed by atoms with Crippen molar-refractivity contribution in [3.8, 4) is 16.9 Å². The zero-order chi connectivity index (χ0) is 24.0. The second-order valence-electron chi connectivity index (χ2n) is 8.20. The molecule has 1 aliphatic rings. The summed E-state index contributed by atoms with van der Waals surface area (Å²) in [5.74, 6) is 2.24. The molecule has 1 aliphatic heterocycles. The SMILES string of the molecule is COc1ccc(-c2cnc(Nc3cccc(C(=O)N4CCN(c5ccccn5)CC4)c3)nc2)cc1. The number of nitrogens with one attached hydrogen (secondary N) is 1. The first kappa shape index (κ1) is 22.3. The number of piperazine rings is 1. The van der Waals surface area contributed by atoms with E-state index in [1.807, 2.05) is 71.6 Å². The highest BCUT2D eigenvalue weighted by atomic mass is 16.5. The molecule has 2 aromatic carbocycles. The number of amides is 1. The minimum Gasteiger partial charge on any atom is -0.497 e. The molecule has 1 fully saturated rings. The Labute approximate surface area is 204 Å². The van der Waals surface area contributed by atoms with Gasteiger partial charge in [-0.2, -0.15) is 0 Å². The van der Waals surface area contributed by atoms with E-state index < -0.39 is 0 Å². The molecule has 1 amide bonds. The Morgan fingerprint density at radius 3 is 2.31 bits per heavy atom. The number of anilines is 3. The van der Waals surface area contributed by atoms with Gasteiger partial charge in [0.2, 0.25) is 5.95 Å². The summed E-state index contributed by atoms with van der Waals surface area (Å²) in [7, 11) is 1.64. The molecule has 4 aromatic rings. The lowest BCUT2D eigenvalue weighted by molar-refractivity contribution is 0.0746. The van der Waals surface area contributed by atoms with Crippen LogP contribution in [0.15, 0.2) is 85.3 Å². The minimum absolute atomic E-state index is 0.0186. The van der Waals surface area contributed by atoms with Gasteiger partial charge in [0.25, 0.3) is 5.91 Å². The normalized spacial score (nSPS) is 13.4. The zero-order valence-electron chi connectivity index (χ0n) is 19.5. The first-order valence-electron chi connectivity index (χ1n) is 11.5. The van der Waals surface area contributed by atoms with Gasteiger partial charge in [0.1, 0.15) is 11.6 Å². The third-order valence-electron chi connectivity index (χ3n) is 5.98. The molecule has 35 heavy (non-hydrogen) atoms. The zero-order valence-corrected chi connectivity index (χ0v) is 19.5. The number of methoxy groups -OCH3 is 1. The van der Waals surface area contributed by atoms with Crippen molar-refractivity contribution in [2.45, 2.75) is 0 Å².